The Morgan fingerprint density at radius 1 is 1.11 bits per heavy atom. The Labute approximate surface area is 122 Å². The lowest BCUT2D eigenvalue weighted by atomic mass is 10.6. The van der Waals surface area contributed by atoms with Crippen molar-refractivity contribution in [2.75, 3.05) is 4.72 Å². The fourth-order valence-electron chi connectivity index (χ4n) is 1.06. The number of nitrogens with one attached hydrogen (secondary N) is 1. The van der Waals surface area contributed by atoms with E-state index in [1.807, 2.05) is 0 Å². The molecule has 2 aromatic rings. The third kappa shape index (κ3) is 2.86. The summed E-state index contributed by atoms with van der Waals surface area (Å²) >= 11 is 18.1. The van der Waals surface area contributed by atoms with E-state index in [4.69, 9.17) is 34.8 Å². The van der Waals surface area contributed by atoms with Crippen LogP contribution >= 0.6 is 46.1 Å². The highest BCUT2D eigenvalue weighted by Crippen LogP contribution is 2.31. The third-order valence-electron chi connectivity index (χ3n) is 1.80. The first-order chi connectivity index (χ1) is 8.40. The number of hydrogen-bond acceptors (Lipinski definition) is 5. The van der Waals surface area contributed by atoms with Gasteiger partial charge in [-0.3, -0.25) is 4.72 Å². The van der Waals surface area contributed by atoms with Gasteiger partial charge in [0.2, 0.25) is 0 Å². The fraction of sp³-hybridized carbons (Fsp3) is 0. The average molecular weight is 345 g/mol. The lowest BCUT2D eigenvalue weighted by Gasteiger charge is -2.07. The quantitative estimate of drug-likeness (QED) is 0.867. The van der Waals surface area contributed by atoms with Gasteiger partial charge < -0.3 is 0 Å². The summed E-state index contributed by atoms with van der Waals surface area (Å²) in [4.78, 5) is 7.29. The van der Waals surface area contributed by atoms with Crippen LogP contribution in [0.2, 0.25) is 14.6 Å². The normalized spacial score (nSPS) is 11.5. The van der Waals surface area contributed by atoms with Gasteiger partial charge in [0.1, 0.15) is 16.2 Å². The zero-order chi connectivity index (χ0) is 13.3. The fourth-order valence-corrected chi connectivity index (χ4v) is 4.13. The predicted octanol–water partition coefficient (Wildman–Crippen LogP) is 3.30. The molecule has 0 amide bonds. The number of thiophene rings is 1. The molecule has 0 fully saturated rings. The topological polar surface area (TPSA) is 72.0 Å². The first kappa shape index (κ1) is 13.8. The molecular weight excluding hydrogens is 341 g/mol. The molecule has 5 nitrogen and oxygen atoms in total. The smallest absolute Gasteiger partial charge is 0.271 e. The van der Waals surface area contributed by atoms with Gasteiger partial charge in [-0.1, -0.05) is 34.8 Å². The highest BCUT2D eigenvalue weighted by Gasteiger charge is 2.20. The van der Waals surface area contributed by atoms with Gasteiger partial charge in [0.15, 0.2) is 10.3 Å². The lowest BCUT2D eigenvalue weighted by Crippen LogP contribution is -2.13. The Kier molecular flexibility index (Phi) is 3.98. The van der Waals surface area contributed by atoms with E-state index < -0.39 is 10.0 Å². The highest BCUT2D eigenvalue weighted by molar-refractivity contribution is 7.94. The summed E-state index contributed by atoms with van der Waals surface area (Å²) in [6.45, 7) is 0. The van der Waals surface area contributed by atoms with Crippen LogP contribution < -0.4 is 4.72 Å². The minimum atomic E-state index is -3.80. The summed E-state index contributed by atoms with van der Waals surface area (Å²) in [6, 6.07) is 2.85. The summed E-state index contributed by atoms with van der Waals surface area (Å²) in [5.41, 5.74) is -0.0645. The summed E-state index contributed by atoms with van der Waals surface area (Å²) in [5, 5.41) is -0.164. The maximum atomic E-state index is 12.0. The Morgan fingerprint density at radius 2 is 1.72 bits per heavy atom. The Morgan fingerprint density at radius 3 is 2.22 bits per heavy atom. The Hall–Kier alpha value is -0.600. The molecule has 0 aliphatic rings. The lowest BCUT2D eigenvalue weighted by molar-refractivity contribution is 0.603. The Balaban J connectivity index is 2.40. The van der Waals surface area contributed by atoms with E-state index in [1.54, 1.807) is 0 Å². The van der Waals surface area contributed by atoms with Crippen LogP contribution in [0.15, 0.2) is 22.7 Å². The van der Waals surface area contributed by atoms with Gasteiger partial charge >= 0.3 is 0 Å². The van der Waals surface area contributed by atoms with Crippen molar-refractivity contribution in [3.63, 3.8) is 0 Å². The van der Waals surface area contributed by atoms with Gasteiger partial charge in [0.05, 0.1) is 4.34 Å². The van der Waals surface area contributed by atoms with Crippen LogP contribution in [0, 0.1) is 0 Å². The second-order valence-corrected chi connectivity index (χ2v) is 7.33. The molecule has 0 saturated heterocycles. The second kappa shape index (κ2) is 5.18. The predicted molar refractivity (Wildman–Crippen MR) is 72.2 cm³/mol. The molecule has 1 N–H and O–H groups in total. The van der Waals surface area contributed by atoms with Crippen LogP contribution in [0.5, 0.6) is 0 Å². The van der Waals surface area contributed by atoms with Gasteiger partial charge in [0.25, 0.3) is 10.0 Å². The summed E-state index contributed by atoms with van der Waals surface area (Å²) in [7, 11) is -3.80. The molecule has 0 aliphatic carbocycles. The van der Waals surface area contributed by atoms with Crippen LogP contribution in [-0.4, -0.2) is 18.4 Å². The van der Waals surface area contributed by atoms with E-state index >= 15 is 0 Å². The van der Waals surface area contributed by atoms with Gasteiger partial charge in [-0.2, -0.15) is 0 Å². The number of nitrogens with zero attached hydrogens (tertiary/aromatic N) is 2. The maximum absolute atomic E-state index is 12.0. The third-order valence-corrected chi connectivity index (χ3v) is 5.45. The molecule has 0 aliphatic heterocycles. The van der Waals surface area contributed by atoms with E-state index in [2.05, 4.69) is 14.7 Å². The van der Waals surface area contributed by atoms with E-state index in [0.29, 0.717) is 4.34 Å². The SMILES string of the molecule is O=S(=O)(Nc1c(Cl)ncnc1Cl)c1ccc(Cl)s1. The average Bonchev–Trinajstić information content (AvgIpc) is 2.71. The van der Waals surface area contributed by atoms with Crippen LogP contribution in [0.1, 0.15) is 0 Å². The molecule has 0 radical (unpaired) electrons. The van der Waals surface area contributed by atoms with Crippen LogP contribution in [0.4, 0.5) is 5.69 Å². The molecule has 18 heavy (non-hydrogen) atoms. The van der Waals surface area contributed by atoms with E-state index in [1.165, 1.54) is 12.1 Å². The molecule has 2 heterocycles. The minimum absolute atomic E-state index is 0.0449. The molecule has 0 spiro atoms. The minimum Gasteiger partial charge on any atom is -0.273 e. The van der Waals surface area contributed by atoms with Crippen molar-refractivity contribution in [2.24, 2.45) is 0 Å². The number of rotatable bonds is 3. The van der Waals surface area contributed by atoms with Gasteiger partial charge in [-0.05, 0) is 12.1 Å². The first-order valence-corrected chi connectivity index (χ1v) is 7.77. The Bertz CT molecular complexity index is 666. The highest BCUT2D eigenvalue weighted by atomic mass is 35.5. The maximum Gasteiger partial charge on any atom is 0.271 e. The monoisotopic (exact) mass is 343 g/mol. The number of halogens is 3. The van der Waals surface area contributed by atoms with Crippen molar-refractivity contribution < 1.29 is 8.42 Å². The van der Waals surface area contributed by atoms with Crippen LogP contribution in [0.3, 0.4) is 0 Å². The molecule has 0 unspecified atom stereocenters. The summed E-state index contributed by atoms with van der Waals surface area (Å²) < 4.78 is 26.6. The number of anilines is 1. The van der Waals surface area contributed by atoms with Crippen molar-refractivity contribution in [3.8, 4) is 0 Å². The molecular formula is C8H4Cl3N3O2S2. The molecule has 0 aromatic carbocycles. The van der Waals surface area contributed by atoms with Crippen molar-refractivity contribution >= 4 is 61.9 Å². The molecule has 96 valence electrons. The van der Waals surface area contributed by atoms with E-state index in [-0.39, 0.29) is 20.2 Å². The van der Waals surface area contributed by atoms with Crippen molar-refractivity contribution in [3.05, 3.63) is 33.1 Å². The molecule has 0 bridgehead atoms. The van der Waals surface area contributed by atoms with E-state index in [0.717, 1.165) is 17.7 Å². The molecule has 2 aromatic heterocycles. The van der Waals surface area contributed by atoms with Gasteiger partial charge in [0, 0.05) is 0 Å². The second-order valence-electron chi connectivity index (χ2n) is 2.99. The molecule has 0 saturated carbocycles. The van der Waals surface area contributed by atoms with Gasteiger partial charge in [-0.15, -0.1) is 11.3 Å². The van der Waals surface area contributed by atoms with Crippen LogP contribution in [-0.2, 0) is 10.0 Å². The summed E-state index contributed by atoms with van der Waals surface area (Å²) in [5.74, 6) is 0. The zero-order valence-corrected chi connectivity index (χ0v) is 12.3. The number of aromatic nitrogens is 2. The zero-order valence-electron chi connectivity index (χ0n) is 8.39. The van der Waals surface area contributed by atoms with Crippen molar-refractivity contribution in [1.29, 1.82) is 0 Å². The largest absolute Gasteiger partial charge is 0.273 e. The standard InChI is InChI=1S/C8H4Cl3N3O2S2/c9-4-1-2-5(17-4)18(15,16)14-6-7(10)12-3-13-8(6)11/h1-3,14H. The number of sulfonamides is 1. The van der Waals surface area contributed by atoms with Gasteiger partial charge in [-0.25, -0.2) is 18.4 Å². The number of hydrogen-bond donors (Lipinski definition) is 1. The van der Waals surface area contributed by atoms with Crippen molar-refractivity contribution in [1.82, 2.24) is 9.97 Å². The first-order valence-electron chi connectivity index (χ1n) is 4.34. The van der Waals surface area contributed by atoms with E-state index in [9.17, 15) is 8.42 Å². The molecule has 0 atom stereocenters. The van der Waals surface area contributed by atoms with Crippen LogP contribution in [0.25, 0.3) is 0 Å². The molecule has 10 heteroatoms. The van der Waals surface area contributed by atoms with Crippen molar-refractivity contribution in [2.45, 2.75) is 4.21 Å². The summed E-state index contributed by atoms with van der Waals surface area (Å²) in [6.07, 6.45) is 1.13. The molecule has 2 rings (SSSR count).